The SMILES string of the molecule is Cc1nc(-c2ccc(S(=O)(=O)NCC3(O)CCOC3)cc2)co1. The minimum atomic E-state index is -3.69. The third kappa shape index (κ3) is 3.61. The zero-order chi connectivity index (χ0) is 16.5. The van der Waals surface area contributed by atoms with Crippen LogP contribution >= 0.6 is 0 Å². The normalized spacial score (nSPS) is 21.7. The summed E-state index contributed by atoms with van der Waals surface area (Å²) in [6.45, 7) is 2.24. The van der Waals surface area contributed by atoms with Crippen molar-refractivity contribution >= 4 is 10.0 Å². The molecule has 124 valence electrons. The zero-order valence-corrected chi connectivity index (χ0v) is 13.5. The fourth-order valence-electron chi connectivity index (χ4n) is 2.35. The van der Waals surface area contributed by atoms with Gasteiger partial charge in [-0.1, -0.05) is 12.1 Å². The Morgan fingerprint density at radius 3 is 2.65 bits per heavy atom. The number of oxazole rings is 1. The lowest BCUT2D eigenvalue weighted by atomic mass is 10.1. The lowest BCUT2D eigenvalue weighted by Crippen LogP contribution is -2.43. The molecular weight excluding hydrogens is 320 g/mol. The predicted octanol–water partition coefficient (Wildman–Crippen LogP) is 1.08. The van der Waals surface area contributed by atoms with Crippen LogP contribution in [0.25, 0.3) is 11.3 Å². The molecule has 0 amide bonds. The Bertz CT molecular complexity index is 776. The minimum Gasteiger partial charge on any atom is -0.449 e. The summed E-state index contributed by atoms with van der Waals surface area (Å²) in [4.78, 5) is 4.32. The summed E-state index contributed by atoms with van der Waals surface area (Å²) in [5.74, 6) is 0.547. The molecule has 1 unspecified atom stereocenters. The Balaban J connectivity index is 1.72. The Morgan fingerprint density at radius 1 is 1.35 bits per heavy atom. The molecule has 3 rings (SSSR count). The highest BCUT2D eigenvalue weighted by atomic mass is 32.2. The molecule has 8 heteroatoms. The molecule has 1 atom stereocenters. The van der Waals surface area contributed by atoms with Gasteiger partial charge in [0.15, 0.2) is 5.89 Å². The van der Waals surface area contributed by atoms with Crippen molar-refractivity contribution in [3.63, 3.8) is 0 Å². The van der Waals surface area contributed by atoms with Crippen LogP contribution in [0.3, 0.4) is 0 Å². The van der Waals surface area contributed by atoms with Gasteiger partial charge in [0.05, 0.1) is 11.5 Å². The number of aryl methyl sites for hydroxylation is 1. The first-order valence-corrected chi connectivity index (χ1v) is 8.69. The van der Waals surface area contributed by atoms with Crippen LogP contribution in [-0.2, 0) is 14.8 Å². The molecule has 0 saturated carbocycles. The zero-order valence-electron chi connectivity index (χ0n) is 12.7. The number of aromatic nitrogens is 1. The van der Waals surface area contributed by atoms with Crippen LogP contribution < -0.4 is 4.72 Å². The Kier molecular flexibility index (Phi) is 4.24. The van der Waals surface area contributed by atoms with E-state index in [0.29, 0.717) is 24.6 Å². The van der Waals surface area contributed by atoms with E-state index in [2.05, 4.69) is 9.71 Å². The molecule has 0 aliphatic carbocycles. The number of aliphatic hydroxyl groups is 1. The quantitative estimate of drug-likeness (QED) is 0.846. The smallest absolute Gasteiger partial charge is 0.240 e. The van der Waals surface area contributed by atoms with E-state index in [0.717, 1.165) is 5.56 Å². The first-order valence-electron chi connectivity index (χ1n) is 7.20. The molecule has 0 radical (unpaired) electrons. The first kappa shape index (κ1) is 16.1. The monoisotopic (exact) mass is 338 g/mol. The van der Waals surface area contributed by atoms with Crippen LogP contribution in [0.2, 0.25) is 0 Å². The number of hydrogen-bond acceptors (Lipinski definition) is 6. The minimum absolute atomic E-state index is 0.0699. The molecule has 1 aliphatic rings. The van der Waals surface area contributed by atoms with Crippen LogP contribution in [0.15, 0.2) is 39.8 Å². The van der Waals surface area contributed by atoms with E-state index in [1.165, 1.54) is 18.4 Å². The van der Waals surface area contributed by atoms with Gasteiger partial charge in [0, 0.05) is 32.1 Å². The van der Waals surface area contributed by atoms with Crippen molar-refractivity contribution in [3.05, 3.63) is 36.4 Å². The molecule has 1 aliphatic heterocycles. The molecule has 1 aromatic heterocycles. The summed E-state index contributed by atoms with van der Waals surface area (Å²) in [6.07, 6.45) is 1.94. The molecule has 2 aromatic rings. The van der Waals surface area contributed by atoms with E-state index in [4.69, 9.17) is 9.15 Å². The van der Waals surface area contributed by atoms with Crippen molar-refractivity contribution in [3.8, 4) is 11.3 Å². The summed E-state index contributed by atoms with van der Waals surface area (Å²) in [5, 5.41) is 10.1. The summed E-state index contributed by atoms with van der Waals surface area (Å²) in [7, 11) is -3.69. The molecule has 2 heterocycles. The van der Waals surface area contributed by atoms with E-state index < -0.39 is 15.6 Å². The highest BCUT2D eigenvalue weighted by molar-refractivity contribution is 7.89. The van der Waals surface area contributed by atoms with Crippen molar-refractivity contribution in [1.82, 2.24) is 9.71 Å². The van der Waals surface area contributed by atoms with Gasteiger partial charge in [0.2, 0.25) is 10.0 Å². The van der Waals surface area contributed by atoms with Crippen molar-refractivity contribution < 1.29 is 22.7 Å². The summed E-state index contributed by atoms with van der Waals surface area (Å²) >= 11 is 0. The third-order valence-corrected chi connectivity index (χ3v) is 5.17. The van der Waals surface area contributed by atoms with Gasteiger partial charge >= 0.3 is 0 Å². The molecule has 1 saturated heterocycles. The van der Waals surface area contributed by atoms with Gasteiger partial charge < -0.3 is 14.3 Å². The number of ether oxygens (including phenoxy) is 1. The molecule has 1 aromatic carbocycles. The number of hydrogen-bond donors (Lipinski definition) is 2. The van der Waals surface area contributed by atoms with E-state index >= 15 is 0 Å². The van der Waals surface area contributed by atoms with E-state index in [1.807, 2.05) is 0 Å². The highest BCUT2D eigenvalue weighted by Crippen LogP contribution is 2.22. The molecule has 1 fully saturated rings. The topological polar surface area (TPSA) is 102 Å². The third-order valence-electron chi connectivity index (χ3n) is 3.75. The lowest BCUT2D eigenvalue weighted by molar-refractivity contribution is 0.0314. The van der Waals surface area contributed by atoms with Gasteiger partial charge in [-0.2, -0.15) is 0 Å². The first-order chi connectivity index (χ1) is 10.9. The maximum atomic E-state index is 12.3. The maximum absolute atomic E-state index is 12.3. The highest BCUT2D eigenvalue weighted by Gasteiger charge is 2.33. The number of sulfonamides is 1. The van der Waals surface area contributed by atoms with Gasteiger partial charge in [-0.05, 0) is 12.1 Å². The molecule has 0 bridgehead atoms. The lowest BCUT2D eigenvalue weighted by Gasteiger charge is -2.20. The predicted molar refractivity (Wildman–Crippen MR) is 82.3 cm³/mol. The summed E-state index contributed by atoms with van der Waals surface area (Å²) in [5.41, 5.74) is 0.283. The number of nitrogens with zero attached hydrogens (tertiary/aromatic N) is 1. The van der Waals surface area contributed by atoms with Gasteiger partial charge in [0.1, 0.15) is 17.6 Å². The second-order valence-electron chi connectivity index (χ2n) is 5.63. The van der Waals surface area contributed by atoms with Crippen LogP contribution in [0, 0.1) is 6.92 Å². The van der Waals surface area contributed by atoms with Crippen LogP contribution in [-0.4, -0.2) is 43.9 Å². The van der Waals surface area contributed by atoms with E-state index in [9.17, 15) is 13.5 Å². The summed E-state index contributed by atoms with van der Waals surface area (Å²) in [6, 6.07) is 6.33. The molecule has 0 spiro atoms. The number of rotatable bonds is 5. The van der Waals surface area contributed by atoms with E-state index in [1.54, 1.807) is 19.1 Å². The van der Waals surface area contributed by atoms with Crippen molar-refractivity contribution in [1.29, 1.82) is 0 Å². The molecule has 2 N–H and O–H groups in total. The maximum Gasteiger partial charge on any atom is 0.240 e. The fourth-order valence-corrected chi connectivity index (χ4v) is 3.47. The van der Waals surface area contributed by atoms with Crippen LogP contribution in [0.1, 0.15) is 12.3 Å². The van der Waals surface area contributed by atoms with Gasteiger partial charge in [-0.15, -0.1) is 0 Å². The van der Waals surface area contributed by atoms with Gasteiger partial charge in [-0.3, -0.25) is 0 Å². The van der Waals surface area contributed by atoms with Crippen molar-refractivity contribution in [2.24, 2.45) is 0 Å². The standard InChI is InChI=1S/C15H18N2O5S/c1-11-17-14(8-22-11)12-2-4-13(5-3-12)23(19,20)16-9-15(18)6-7-21-10-15/h2-5,8,16,18H,6-7,9-10H2,1H3. The molecule has 7 nitrogen and oxygen atoms in total. The van der Waals surface area contributed by atoms with Gasteiger partial charge in [-0.25, -0.2) is 18.1 Å². The number of benzene rings is 1. The largest absolute Gasteiger partial charge is 0.449 e. The average molecular weight is 338 g/mol. The Labute approximate surface area is 134 Å². The van der Waals surface area contributed by atoms with Crippen molar-refractivity contribution in [2.75, 3.05) is 19.8 Å². The summed E-state index contributed by atoms with van der Waals surface area (Å²) < 4.78 is 37.2. The second kappa shape index (κ2) is 6.04. The van der Waals surface area contributed by atoms with Gasteiger partial charge in [0.25, 0.3) is 0 Å². The van der Waals surface area contributed by atoms with E-state index in [-0.39, 0.29) is 18.0 Å². The fraction of sp³-hybridized carbons (Fsp3) is 0.400. The number of nitrogens with one attached hydrogen (secondary N) is 1. The second-order valence-corrected chi connectivity index (χ2v) is 7.39. The van der Waals surface area contributed by atoms with Crippen molar-refractivity contribution in [2.45, 2.75) is 23.8 Å². The molecule has 23 heavy (non-hydrogen) atoms. The average Bonchev–Trinajstić information content (AvgIpc) is 3.15. The van der Waals surface area contributed by atoms with Crippen LogP contribution in [0.4, 0.5) is 0 Å². The Hall–Kier alpha value is -1.74. The molecular formula is C15H18N2O5S. The van der Waals surface area contributed by atoms with Crippen LogP contribution in [0.5, 0.6) is 0 Å². The Morgan fingerprint density at radius 2 is 2.09 bits per heavy atom.